The minimum absolute atomic E-state index is 0.231. The number of carbonyl (C=O) groups is 1. The van der Waals surface area contributed by atoms with Crippen LogP contribution in [0.3, 0.4) is 0 Å². The molecule has 1 aliphatic rings. The van der Waals surface area contributed by atoms with Crippen LogP contribution in [0.4, 0.5) is 0 Å². The van der Waals surface area contributed by atoms with Crippen molar-refractivity contribution in [2.24, 2.45) is 0 Å². The molecule has 1 aromatic carbocycles. The van der Waals surface area contributed by atoms with E-state index in [1.165, 1.54) is 0 Å². The van der Waals surface area contributed by atoms with E-state index in [1.54, 1.807) is 11.3 Å². The number of piperidine rings is 1. The maximum Gasteiger partial charge on any atom is 0.222 e. The number of nitrogens with zero attached hydrogens (tertiary/aromatic N) is 2. The molecular weight excluding hydrogens is 388 g/mol. The summed E-state index contributed by atoms with van der Waals surface area (Å²) in [6, 6.07) is 7.77. The van der Waals surface area contributed by atoms with Gasteiger partial charge in [0.05, 0.1) is 11.6 Å². The molecule has 1 atom stereocenters. The number of thiazole rings is 1. The van der Waals surface area contributed by atoms with E-state index in [0.717, 1.165) is 47.6 Å². The number of hydrogen-bond acceptors (Lipinski definition) is 4. The van der Waals surface area contributed by atoms with Gasteiger partial charge in [0.2, 0.25) is 5.91 Å². The van der Waals surface area contributed by atoms with Crippen LogP contribution in [-0.2, 0) is 4.79 Å². The average molecular weight is 409 g/mol. The quantitative estimate of drug-likeness (QED) is 0.662. The molecule has 6 heteroatoms. The van der Waals surface area contributed by atoms with Crippen molar-refractivity contribution in [3.05, 3.63) is 45.3 Å². The highest BCUT2D eigenvalue weighted by Crippen LogP contribution is 2.28. The molecule has 2 heterocycles. The van der Waals surface area contributed by atoms with E-state index in [-0.39, 0.29) is 5.91 Å². The Morgan fingerprint density at radius 1 is 1.46 bits per heavy atom. The Balaban J connectivity index is 1.41. The minimum Gasteiger partial charge on any atom is -0.494 e. The Kier molecular flexibility index (Phi) is 6.26. The summed E-state index contributed by atoms with van der Waals surface area (Å²) in [6.07, 6.45) is 5.32. The summed E-state index contributed by atoms with van der Waals surface area (Å²) in [5.74, 6) is 1.47. The molecule has 4 nitrogen and oxygen atoms in total. The van der Waals surface area contributed by atoms with Gasteiger partial charge in [-0.15, -0.1) is 11.3 Å². The van der Waals surface area contributed by atoms with E-state index in [1.807, 2.05) is 40.7 Å². The van der Waals surface area contributed by atoms with Crippen LogP contribution in [0.1, 0.15) is 36.6 Å². The van der Waals surface area contributed by atoms with Crippen LogP contribution < -0.4 is 4.74 Å². The number of aromatic nitrogens is 1. The number of benzene rings is 1. The largest absolute Gasteiger partial charge is 0.494 e. The topological polar surface area (TPSA) is 42.4 Å². The highest BCUT2D eigenvalue weighted by molar-refractivity contribution is 9.10. The smallest absolute Gasteiger partial charge is 0.222 e. The predicted molar refractivity (Wildman–Crippen MR) is 99.5 cm³/mol. The molecule has 1 aromatic heterocycles. The van der Waals surface area contributed by atoms with E-state index in [0.29, 0.717) is 18.9 Å². The fourth-order valence-electron chi connectivity index (χ4n) is 2.97. The lowest BCUT2D eigenvalue weighted by molar-refractivity contribution is -0.132. The van der Waals surface area contributed by atoms with E-state index in [4.69, 9.17) is 4.74 Å². The van der Waals surface area contributed by atoms with E-state index in [9.17, 15) is 4.79 Å². The van der Waals surface area contributed by atoms with Gasteiger partial charge in [-0.05, 0) is 37.5 Å². The summed E-state index contributed by atoms with van der Waals surface area (Å²) in [5.41, 5.74) is 0. The lowest BCUT2D eigenvalue weighted by Gasteiger charge is -2.32. The number of halogens is 1. The molecule has 0 radical (unpaired) electrons. The SMILES string of the molecule is O=C(CCCOc1cccc(Br)c1)N1CCCC(c2nccs2)C1. The summed E-state index contributed by atoms with van der Waals surface area (Å²) >= 11 is 5.11. The third-order valence-corrected chi connectivity index (χ3v) is 5.61. The normalized spacial score (nSPS) is 17.7. The second kappa shape index (κ2) is 8.62. The lowest BCUT2D eigenvalue weighted by Crippen LogP contribution is -2.39. The zero-order valence-electron chi connectivity index (χ0n) is 13.5. The van der Waals surface area contributed by atoms with Gasteiger partial charge >= 0.3 is 0 Å². The Bertz CT molecular complexity index is 663. The maximum atomic E-state index is 12.4. The first kappa shape index (κ1) is 17.4. The van der Waals surface area contributed by atoms with Crippen LogP contribution >= 0.6 is 27.3 Å². The number of amides is 1. The number of carbonyl (C=O) groups excluding carboxylic acids is 1. The number of ether oxygens (including phenoxy) is 1. The van der Waals surface area contributed by atoms with E-state index < -0.39 is 0 Å². The van der Waals surface area contributed by atoms with Gasteiger partial charge in [-0.3, -0.25) is 4.79 Å². The van der Waals surface area contributed by atoms with Crippen LogP contribution in [0, 0.1) is 0 Å². The highest BCUT2D eigenvalue weighted by Gasteiger charge is 2.25. The van der Waals surface area contributed by atoms with Gasteiger partial charge in [0.25, 0.3) is 0 Å². The Labute approximate surface area is 155 Å². The van der Waals surface area contributed by atoms with Crippen molar-refractivity contribution in [1.82, 2.24) is 9.88 Å². The van der Waals surface area contributed by atoms with Crippen LogP contribution in [0.25, 0.3) is 0 Å². The number of hydrogen-bond donors (Lipinski definition) is 0. The fourth-order valence-corrected chi connectivity index (χ4v) is 4.12. The molecule has 0 saturated carbocycles. The van der Waals surface area contributed by atoms with Crippen molar-refractivity contribution < 1.29 is 9.53 Å². The third kappa shape index (κ3) is 4.80. The standard InChI is InChI=1S/C18H21BrN2O2S/c19-15-5-1-6-16(12-15)23-10-3-7-17(22)21-9-2-4-14(13-21)18-20-8-11-24-18/h1,5-6,8,11-12,14H,2-4,7,9-10,13H2. The first-order valence-electron chi connectivity index (χ1n) is 8.28. The third-order valence-electron chi connectivity index (χ3n) is 4.17. The van der Waals surface area contributed by atoms with Crippen LogP contribution in [0.15, 0.2) is 40.3 Å². The second-order valence-corrected chi connectivity index (χ2v) is 7.80. The molecule has 24 heavy (non-hydrogen) atoms. The molecular formula is C18H21BrN2O2S. The number of rotatable bonds is 6. The molecule has 0 spiro atoms. The molecule has 3 rings (SSSR count). The summed E-state index contributed by atoms with van der Waals surface area (Å²) < 4.78 is 6.69. The van der Waals surface area contributed by atoms with Crippen LogP contribution in [0.5, 0.6) is 5.75 Å². The predicted octanol–water partition coefficient (Wildman–Crippen LogP) is 4.47. The van der Waals surface area contributed by atoms with E-state index in [2.05, 4.69) is 20.9 Å². The zero-order valence-corrected chi connectivity index (χ0v) is 15.9. The Hall–Kier alpha value is -1.40. The highest BCUT2D eigenvalue weighted by atomic mass is 79.9. The van der Waals surface area contributed by atoms with Crippen LogP contribution in [-0.4, -0.2) is 35.5 Å². The first-order chi connectivity index (χ1) is 11.7. The van der Waals surface area contributed by atoms with Gasteiger partial charge in [-0.2, -0.15) is 0 Å². The summed E-state index contributed by atoms with van der Waals surface area (Å²) in [6.45, 7) is 2.23. The second-order valence-electron chi connectivity index (χ2n) is 5.96. The van der Waals surface area contributed by atoms with Gasteiger partial charge in [-0.25, -0.2) is 4.98 Å². The summed E-state index contributed by atoms with van der Waals surface area (Å²) in [4.78, 5) is 18.8. The Morgan fingerprint density at radius 3 is 3.17 bits per heavy atom. The molecule has 0 aliphatic carbocycles. The average Bonchev–Trinajstić information content (AvgIpc) is 3.13. The molecule has 128 valence electrons. The first-order valence-corrected chi connectivity index (χ1v) is 9.95. The summed E-state index contributed by atoms with van der Waals surface area (Å²) in [5, 5.41) is 3.17. The zero-order chi connectivity index (χ0) is 16.8. The summed E-state index contributed by atoms with van der Waals surface area (Å²) in [7, 11) is 0. The molecule has 1 amide bonds. The fraction of sp³-hybridized carbons (Fsp3) is 0.444. The van der Waals surface area contributed by atoms with Crippen LogP contribution in [0.2, 0.25) is 0 Å². The van der Waals surface area contributed by atoms with E-state index >= 15 is 0 Å². The Morgan fingerprint density at radius 2 is 2.38 bits per heavy atom. The van der Waals surface area contributed by atoms with Gasteiger partial charge in [0, 0.05) is 41.5 Å². The van der Waals surface area contributed by atoms with Crippen molar-refractivity contribution in [2.45, 2.75) is 31.6 Å². The minimum atomic E-state index is 0.231. The van der Waals surface area contributed by atoms with Gasteiger partial charge in [0.15, 0.2) is 0 Å². The van der Waals surface area contributed by atoms with Gasteiger partial charge in [-0.1, -0.05) is 22.0 Å². The van der Waals surface area contributed by atoms with Crippen molar-refractivity contribution in [3.8, 4) is 5.75 Å². The van der Waals surface area contributed by atoms with Crippen molar-refractivity contribution in [3.63, 3.8) is 0 Å². The van der Waals surface area contributed by atoms with Crippen molar-refractivity contribution in [1.29, 1.82) is 0 Å². The van der Waals surface area contributed by atoms with Gasteiger partial charge in [0.1, 0.15) is 5.75 Å². The molecule has 2 aromatic rings. The van der Waals surface area contributed by atoms with Crippen molar-refractivity contribution in [2.75, 3.05) is 19.7 Å². The monoisotopic (exact) mass is 408 g/mol. The molecule has 1 unspecified atom stereocenters. The molecule has 0 N–H and O–H groups in total. The van der Waals surface area contributed by atoms with Crippen molar-refractivity contribution >= 4 is 33.2 Å². The molecule has 1 aliphatic heterocycles. The maximum absolute atomic E-state index is 12.4. The number of likely N-dealkylation sites (tertiary alicyclic amines) is 1. The lowest BCUT2D eigenvalue weighted by atomic mass is 9.98. The van der Waals surface area contributed by atoms with Gasteiger partial charge < -0.3 is 9.64 Å². The molecule has 0 bridgehead atoms. The molecule has 1 fully saturated rings. The molecule has 1 saturated heterocycles.